The van der Waals surface area contributed by atoms with Crippen LogP contribution in [0.4, 0.5) is 0 Å². The van der Waals surface area contributed by atoms with Crippen molar-refractivity contribution in [2.45, 2.75) is 26.2 Å². The van der Waals surface area contributed by atoms with E-state index in [-0.39, 0.29) is 16.7 Å². The molecule has 0 saturated heterocycles. The molecule has 2 aromatic carbocycles. The summed E-state index contributed by atoms with van der Waals surface area (Å²) < 4.78 is 5.71. The van der Waals surface area contributed by atoms with Gasteiger partial charge in [-0.25, -0.2) is 4.79 Å². The summed E-state index contributed by atoms with van der Waals surface area (Å²) in [4.78, 5) is 49.3. The SMILES string of the molecule is CCCc1cc(=O)c2c(CC(=O)O)cc(C(=O)O)c(C(=O)c3c(O)cccc3O)c2o1. The van der Waals surface area contributed by atoms with E-state index in [9.17, 15) is 39.6 Å². The molecule has 31 heavy (non-hydrogen) atoms. The number of aromatic carboxylic acids is 1. The number of phenolic OH excluding ortho intramolecular Hbond substituents is 2. The molecule has 0 aliphatic rings. The number of carboxylic acids is 2. The predicted molar refractivity (Wildman–Crippen MR) is 108 cm³/mol. The quantitative estimate of drug-likeness (QED) is 0.416. The van der Waals surface area contributed by atoms with E-state index in [1.165, 1.54) is 12.1 Å². The van der Waals surface area contributed by atoms with Gasteiger partial charge in [0, 0.05) is 12.5 Å². The molecule has 3 rings (SSSR count). The maximum Gasteiger partial charge on any atom is 0.336 e. The third-order valence-corrected chi connectivity index (χ3v) is 4.68. The number of rotatable bonds is 7. The summed E-state index contributed by atoms with van der Waals surface area (Å²) in [5.74, 6) is -4.99. The number of ketones is 1. The molecule has 0 saturated carbocycles. The van der Waals surface area contributed by atoms with Crippen molar-refractivity contribution in [3.05, 3.63) is 68.6 Å². The summed E-state index contributed by atoms with van der Waals surface area (Å²) in [5.41, 5.74) is -2.92. The van der Waals surface area contributed by atoms with Crippen molar-refractivity contribution in [2.24, 2.45) is 0 Å². The van der Waals surface area contributed by atoms with Crippen LogP contribution in [0.25, 0.3) is 11.0 Å². The normalized spacial score (nSPS) is 10.9. The van der Waals surface area contributed by atoms with Crippen molar-refractivity contribution in [1.29, 1.82) is 0 Å². The molecular weight excluding hydrogens is 408 g/mol. The maximum absolute atomic E-state index is 13.3. The second-order valence-corrected chi connectivity index (χ2v) is 6.87. The van der Waals surface area contributed by atoms with Gasteiger partial charge in [0.25, 0.3) is 0 Å². The Morgan fingerprint density at radius 3 is 2.19 bits per heavy atom. The van der Waals surface area contributed by atoms with Crippen LogP contribution in [0.1, 0.15) is 50.9 Å². The second kappa shape index (κ2) is 8.31. The number of carbonyl (C=O) groups is 3. The van der Waals surface area contributed by atoms with Gasteiger partial charge in [0.2, 0.25) is 5.78 Å². The van der Waals surface area contributed by atoms with E-state index in [4.69, 9.17) is 4.42 Å². The number of benzene rings is 2. The molecule has 0 radical (unpaired) electrons. The van der Waals surface area contributed by atoms with Crippen molar-refractivity contribution < 1.29 is 39.2 Å². The summed E-state index contributed by atoms with van der Waals surface area (Å²) in [6, 6.07) is 5.65. The first-order valence-corrected chi connectivity index (χ1v) is 9.29. The smallest absolute Gasteiger partial charge is 0.336 e. The lowest BCUT2D eigenvalue weighted by Gasteiger charge is -2.14. The Morgan fingerprint density at radius 1 is 1.00 bits per heavy atom. The monoisotopic (exact) mass is 426 g/mol. The van der Waals surface area contributed by atoms with E-state index >= 15 is 0 Å². The molecule has 1 aromatic heterocycles. The molecule has 160 valence electrons. The zero-order chi connectivity index (χ0) is 22.9. The highest BCUT2D eigenvalue weighted by Crippen LogP contribution is 2.34. The second-order valence-electron chi connectivity index (χ2n) is 6.87. The highest BCUT2D eigenvalue weighted by atomic mass is 16.4. The summed E-state index contributed by atoms with van der Waals surface area (Å²) in [7, 11) is 0. The number of aryl methyl sites for hydroxylation is 1. The molecule has 4 N–H and O–H groups in total. The molecule has 3 aromatic rings. The molecule has 0 atom stereocenters. The fraction of sp³-hybridized carbons (Fsp3) is 0.182. The number of aromatic hydroxyl groups is 2. The topological polar surface area (TPSA) is 162 Å². The van der Waals surface area contributed by atoms with Gasteiger partial charge in [-0.2, -0.15) is 0 Å². The van der Waals surface area contributed by atoms with E-state index in [2.05, 4.69) is 0 Å². The zero-order valence-electron chi connectivity index (χ0n) is 16.3. The number of fused-ring (bicyclic) bond motifs is 1. The number of hydrogen-bond donors (Lipinski definition) is 4. The number of aliphatic carboxylic acids is 1. The minimum Gasteiger partial charge on any atom is -0.507 e. The summed E-state index contributed by atoms with van der Waals surface area (Å²) >= 11 is 0. The molecule has 9 nitrogen and oxygen atoms in total. The van der Waals surface area contributed by atoms with Crippen LogP contribution in [0, 0.1) is 0 Å². The first-order valence-electron chi connectivity index (χ1n) is 9.29. The lowest BCUT2D eigenvalue weighted by molar-refractivity contribution is -0.136. The van der Waals surface area contributed by atoms with E-state index in [0.29, 0.717) is 12.8 Å². The number of carboxylic acid groups (broad SMARTS) is 2. The van der Waals surface area contributed by atoms with Crippen molar-refractivity contribution in [2.75, 3.05) is 0 Å². The Kier molecular flexibility index (Phi) is 5.78. The van der Waals surface area contributed by atoms with Gasteiger partial charge in [-0.15, -0.1) is 0 Å². The molecule has 0 fully saturated rings. The average Bonchev–Trinajstić information content (AvgIpc) is 2.66. The Morgan fingerprint density at radius 2 is 1.65 bits per heavy atom. The highest BCUT2D eigenvalue weighted by Gasteiger charge is 2.30. The largest absolute Gasteiger partial charge is 0.507 e. The van der Waals surface area contributed by atoms with Gasteiger partial charge in [-0.1, -0.05) is 13.0 Å². The Balaban J connectivity index is 2.50. The lowest BCUT2D eigenvalue weighted by atomic mass is 9.91. The van der Waals surface area contributed by atoms with Gasteiger partial charge in [-0.05, 0) is 30.2 Å². The van der Waals surface area contributed by atoms with E-state index in [0.717, 1.165) is 18.2 Å². The maximum atomic E-state index is 13.3. The van der Waals surface area contributed by atoms with Crippen molar-refractivity contribution in [1.82, 2.24) is 0 Å². The van der Waals surface area contributed by atoms with Crippen LogP contribution in [0.3, 0.4) is 0 Å². The minimum atomic E-state index is -1.57. The van der Waals surface area contributed by atoms with Crippen molar-refractivity contribution in [3.63, 3.8) is 0 Å². The fourth-order valence-electron chi connectivity index (χ4n) is 3.41. The lowest BCUT2D eigenvalue weighted by Crippen LogP contribution is -2.17. The molecule has 0 spiro atoms. The first-order chi connectivity index (χ1) is 14.6. The minimum absolute atomic E-state index is 0.130. The molecule has 1 heterocycles. The number of carbonyl (C=O) groups excluding carboxylic acids is 1. The summed E-state index contributed by atoms with van der Waals surface area (Å²) in [5, 5.41) is 38.9. The van der Waals surface area contributed by atoms with E-state index < -0.39 is 63.3 Å². The van der Waals surface area contributed by atoms with Crippen LogP contribution in [-0.2, 0) is 17.6 Å². The summed E-state index contributed by atoms with van der Waals surface area (Å²) in [6.07, 6.45) is 0.218. The van der Waals surface area contributed by atoms with E-state index in [1.54, 1.807) is 0 Å². The standard InChI is InChI=1S/C22H18O9/c1-2-4-11-9-15(25)17-10(8-16(26)27)7-12(22(29)30)18(21(17)31-11)20(28)19-13(23)5-3-6-14(19)24/h3,5-7,9,23-24H,2,4,8H2,1H3,(H,26,27)(H,29,30). The first kappa shape index (κ1) is 21.6. The van der Waals surface area contributed by atoms with Gasteiger partial charge in [0.15, 0.2) is 5.43 Å². The third-order valence-electron chi connectivity index (χ3n) is 4.68. The van der Waals surface area contributed by atoms with E-state index in [1.807, 2.05) is 6.92 Å². The van der Waals surface area contributed by atoms with Crippen LogP contribution in [0.5, 0.6) is 11.5 Å². The molecule has 0 aliphatic carbocycles. The predicted octanol–water partition coefficient (Wildman–Crippen LogP) is 2.71. The van der Waals surface area contributed by atoms with Crippen LogP contribution in [0.15, 0.2) is 39.5 Å². The highest BCUT2D eigenvalue weighted by molar-refractivity contribution is 6.22. The molecule has 0 bridgehead atoms. The van der Waals surface area contributed by atoms with Crippen LogP contribution >= 0.6 is 0 Å². The van der Waals surface area contributed by atoms with Gasteiger partial charge in [0.05, 0.1) is 22.9 Å². The third kappa shape index (κ3) is 3.97. The molecular formula is C22H18O9. The molecule has 0 unspecified atom stereocenters. The van der Waals surface area contributed by atoms with Crippen LogP contribution < -0.4 is 5.43 Å². The summed E-state index contributed by atoms with van der Waals surface area (Å²) in [6.45, 7) is 1.82. The average molecular weight is 426 g/mol. The van der Waals surface area contributed by atoms with Gasteiger partial charge in [-0.3, -0.25) is 14.4 Å². The zero-order valence-corrected chi connectivity index (χ0v) is 16.3. The molecule has 0 amide bonds. The van der Waals surface area contributed by atoms with Crippen LogP contribution in [0.2, 0.25) is 0 Å². The van der Waals surface area contributed by atoms with Crippen LogP contribution in [-0.4, -0.2) is 38.1 Å². The van der Waals surface area contributed by atoms with Gasteiger partial charge in [0.1, 0.15) is 28.4 Å². The van der Waals surface area contributed by atoms with Gasteiger partial charge < -0.3 is 24.8 Å². The molecule has 0 aliphatic heterocycles. The number of hydrogen-bond acceptors (Lipinski definition) is 7. The Hall–Kier alpha value is -4.14. The van der Waals surface area contributed by atoms with Crippen molar-refractivity contribution in [3.8, 4) is 11.5 Å². The van der Waals surface area contributed by atoms with Gasteiger partial charge >= 0.3 is 11.9 Å². The fourth-order valence-corrected chi connectivity index (χ4v) is 3.41. The number of phenols is 2. The molecule has 9 heteroatoms. The van der Waals surface area contributed by atoms with Crippen molar-refractivity contribution >= 4 is 28.7 Å². The Bertz CT molecular complexity index is 1260. The Labute approximate surface area is 174 Å².